The minimum atomic E-state index is -4.55. The molecule has 10 heteroatoms. The molecule has 1 aromatic rings. The van der Waals surface area contributed by atoms with E-state index in [1.807, 2.05) is 0 Å². The normalized spacial score (nSPS) is 14.9. The van der Waals surface area contributed by atoms with Gasteiger partial charge in [-0.15, -0.1) is 0 Å². The van der Waals surface area contributed by atoms with Crippen molar-refractivity contribution in [3.63, 3.8) is 0 Å². The molecule has 0 saturated carbocycles. The summed E-state index contributed by atoms with van der Waals surface area (Å²) in [4.78, 5) is 11.6. The van der Waals surface area contributed by atoms with E-state index in [0.29, 0.717) is 0 Å². The Hall–Kier alpha value is -1.09. The van der Waals surface area contributed by atoms with Crippen molar-refractivity contribution in [2.45, 2.75) is 24.9 Å². The molecular formula is C10H13ClF3N3O2S. The fourth-order valence-corrected chi connectivity index (χ4v) is 1.77. The number of nitrogens with zero attached hydrogens (tertiary/aromatic N) is 2. The van der Waals surface area contributed by atoms with Gasteiger partial charge in [-0.3, -0.25) is 9.00 Å². The van der Waals surface area contributed by atoms with Crippen molar-refractivity contribution < 1.29 is 17.4 Å². The van der Waals surface area contributed by atoms with E-state index in [9.17, 15) is 22.2 Å². The molecule has 2 atom stereocenters. The lowest BCUT2D eigenvalue weighted by atomic mass is 10.4. The molecule has 0 aliphatic heterocycles. The molecule has 0 radical (unpaired) electrons. The van der Waals surface area contributed by atoms with Crippen LogP contribution in [0.4, 0.5) is 18.9 Å². The second-order valence-electron chi connectivity index (χ2n) is 4.14. The van der Waals surface area contributed by atoms with Crippen molar-refractivity contribution in [2.75, 3.05) is 18.1 Å². The Morgan fingerprint density at radius 2 is 2.15 bits per heavy atom. The van der Waals surface area contributed by atoms with E-state index in [0.717, 1.165) is 6.20 Å². The average Bonchev–Trinajstić information content (AvgIpc) is 2.32. The van der Waals surface area contributed by atoms with Gasteiger partial charge in [-0.1, -0.05) is 11.6 Å². The molecule has 1 rings (SSSR count). The van der Waals surface area contributed by atoms with Crippen LogP contribution >= 0.6 is 11.6 Å². The molecule has 0 aromatic carbocycles. The zero-order valence-corrected chi connectivity index (χ0v) is 12.3. The quantitative estimate of drug-likeness (QED) is 0.891. The summed E-state index contributed by atoms with van der Waals surface area (Å²) in [5, 5.41) is 5.57. The van der Waals surface area contributed by atoms with Crippen molar-refractivity contribution in [3.8, 4) is 0 Å². The summed E-state index contributed by atoms with van der Waals surface area (Å²) in [7, 11) is -1.07. The van der Waals surface area contributed by atoms with Crippen molar-refractivity contribution >= 4 is 28.1 Å². The number of nitrogens with one attached hydrogen (secondary N) is 1. The summed E-state index contributed by atoms with van der Waals surface area (Å²) < 4.78 is 48.0. The second kappa shape index (κ2) is 6.57. The van der Waals surface area contributed by atoms with Gasteiger partial charge in [0, 0.05) is 28.9 Å². The van der Waals surface area contributed by atoms with Crippen LogP contribution in [0.3, 0.4) is 0 Å². The Bertz CT molecular complexity index is 562. The van der Waals surface area contributed by atoms with E-state index in [1.165, 1.54) is 6.26 Å². The number of aromatic nitrogens is 2. The van der Waals surface area contributed by atoms with E-state index >= 15 is 0 Å². The summed E-state index contributed by atoms with van der Waals surface area (Å²) in [6.45, 7) is 0.476. The number of halogens is 4. The maximum atomic E-state index is 12.2. The monoisotopic (exact) mass is 331 g/mol. The summed E-state index contributed by atoms with van der Waals surface area (Å²) >= 11 is 5.71. The number of hydrogen-bond acceptors (Lipinski definition) is 4. The van der Waals surface area contributed by atoms with E-state index in [-0.39, 0.29) is 27.2 Å². The molecule has 0 bridgehead atoms. The minimum Gasteiger partial charge on any atom is -0.381 e. The molecule has 1 N–H and O–H groups in total. The average molecular weight is 332 g/mol. The van der Waals surface area contributed by atoms with Crippen molar-refractivity contribution in [2.24, 2.45) is 0 Å². The molecule has 2 unspecified atom stereocenters. The number of rotatable bonds is 5. The third-order valence-electron chi connectivity index (χ3n) is 2.46. The summed E-state index contributed by atoms with van der Waals surface area (Å²) in [6.07, 6.45) is -1.99. The number of anilines is 1. The molecular weight excluding hydrogens is 319 g/mol. The first kappa shape index (κ1) is 17.0. The molecule has 114 valence electrons. The van der Waals surface area contributed by atoms with Gasteiger partial charge in [0.05, 0.1) is 11.9 Å². The summed E-state index contributed by atoms with van der Waals surface area (Å²) in [5.74, 6) is 0. The first-order valence-electron chi connectivity index (χ1n) is 5.50. The van der Waals surface area contributed by atoms with Gasteiger partial charge >= 0.3 is 6.18 Å². The maximum Gasteiger partial charge on any atom is 0.408 e. The Kier molecular flexibility index (Phi) is 5.58. The molecule has 20 heavy (non-hydrogen) atoms. The lowest BCUT2D eigenvalue weighted by molar-refractivity contribution is -0.143. The molecule has 1 aromatic heterocycles. The van der Waals surface area contributed by atoms with Gasteiger partial charge in [0.2, 0.25) is 0 Å². The van der Waals surface area contributed by atoms with Crippen molar-refractivity contribution in [1.82, 2.24) is 9.78 Å². The Morgan fingerprint density at radius 1 is 1.55 bits per heavy atom. The topological polar surface area (TPSA) is 64.0 Å². The largest absolute Gasteiger partial charge is 0.408 e. The standard InChI is InChI=1S/C10H13ClF3N3O2S/c1-6(20(2)19)3-15-7-4-16-17(5-10(12,13)14)9(18)8(7)11/h4,6,15H,3,5H2,1-2H3. The lowest BCUT2D eigenvalue weighted by Gasteiger charge is -2.13. The van der Waals surface area contributed by atoms with Gasteiger partial charge in [0.1, 0.15) is 11.6 Å². The number of alkyl halides is 3. The lowest BCUT2D eigenvalue weighted by Crippen LogP contribution is -2.31. The molecule has 0 fully saturated rings. The fourth-order valence-electron chi connectivity index (χ4n) is 1.24. The SMILES string of the molecule is CC(CNc1cnn(CC(F)(F)F)c(=O)c1Cl)S(C)=O. The molecule has 1 heterocycles. The number of hydrogen-bond donors (Lipinski definition) is 1. The zero-order chi connectivity index (χ0) is 15.5. The van der Waals surface area contributed by atoms with Gasteiger partial charge in [0.25, 0.3) is 5.56 Å². The van der Waals surface area contributed by atoms with Crippen LogP contribution in [0, 0.1) is 0 Å². The van der Waals surface area contributed by atoms with Crippen LogP contribution in [0.15, 0.2) is 11.0 Å². The van der Waals surface area contributed by atoms with Crippen LogP contribution in [0.1, 0.15) is 6.92 Å². The molecule has 5 nitrogen and oxygen atoms in total. The molecule has 0 aliphatic carbocycles. The predicted molar refractivity (Wildman–Crippen MR) is 71.6 cm³/mol. The Labute approximate surface area is 120 Å². The Morgan fingerprint density at radius 3 is 2.65 bits per heavy atom. The van der Waals surface area contributed by atoms with Gasteiger partial charge in [-0.05, 0) is 6.92 Å². The van der Waals surface area contributed by atoms with Gasteiger partial charge in [-0.25, -0.2) is 4.68 Å². The van der Waals surface area contributed by atoms with Crippen molar-refractivity contribution in [1.29, 1.82) is 0 Å². The maximum absolute atomic E-state index is 12.2. The molecule has 0 amide bonds. The highest BCUT2D eigenvalue weighted by Gasteiger charge is 2.29. The van der Waals surface area contributed by atoms with Crippen LogP contribution in [0.5, 0.6) is 0 Å². The third kappa shape index (κ3) is 4.78. The third-order valence-corrected chi connectivity index (χ3v) is 4.13. The predicted octanol–water partition coefficient (Wildman–Crippen LogP) is 1.64. The van der Waals surface area contributed by atoms with Crippen LogP contribution < -0.4 is 10.9 Å². The van der Waals surface area contributed by atoms with Crippen molar-refractivity contribution in [3.05, 3.63) is 21.6 Å². The van der Waals surface area contributed by atoms with Crippen LogP contribution in [0.2, 0.25) is 5.02 Å². The highest BCUT2D eigenvalue weighted by atomic mass is 35.5. The smallest absolute Gasteiger partial charge is 0.381 e. The van der Waals surface area contributed by atoms with Gasteiger partial charge in [-0.2, -0.15) is 18.3 Å². The summed E-state index contributed by atoms with van der Waals surface area (Å²) in [5.41, 5.74) is -0.911. The highest BCUT2D eigenvalue weighted by Crippen LogP contribution is 2.19. The minimum absolute atomic E-state index is 0.118. The second-order valence-corrected chi connectivity index (χ2v) is 6.32. The first-order valence-corrected chi connectivity index (χ1v) is 7.50. The van der Waals surface area contributed by atoms with E-state index < -0.39 is 29.1 Å². The van der Waals surface area contributed by atoms with E-state index in [2.05, 4.69) is 10.4 Å². The first-order chi connectivity index (χ1) is 9.11. The van der Waals surface area contributed by atoms with Crippen LogP contribution in [-0.4, -0.2) is 38.2 Å². The fraction of sp³-hybridized carbons (Fsp3) is 0.600. The molecule has 0 aliphatic rings. The van der Waals surface area contributed by atoms with Gasteiger partial charge < -0.3 is 5.32 Å². The van der Waals surface area contributed by atoms with E-state index in [4.69, 9.17) is 11.6 Å². The molecule has 0 saturated heterocycles. The van der Waals surface area contributed by atoms with E-state index in [1.54, 1.807) is 6.92 Å². The Balaban J connectivity index is 2.90. The zero-order valence-electron chi connectivity index (χ0n) is 10.7. The summed E-state index contributed by atoms with van der Waals surface area (Å²) in [6, 6.07) is 0. The molecule has 0 spiro atoms. The van der Waals surface area contributed by atoms with Gasteiger partial charge in [0.15, 0.2) is 0 Å². The highest BCUT2D eigenvalue weighted by molar-refractivity contribution is 7.84. The van der Waals surface area contributed by atoms with Crippen LogP contribution in [-0.2, 0) is 17.3 Å². The van der Waals surface area contributed by atoms with Crippen LogP contribution in [0.25, 0.3) is 0 Å².